The highest BCUT2D eigenvalue weighted by atomic mass is 32.1. The van der Waals surface area contributed by atoms with Crippen LogP contribution in [0.4, 0.5) is 5.69 Å². The van der Waals surface area contributed by atoms with Crippen molar-refractivity contribution in [3.8, 4) is 0 Å². The third kappa shape index (κ3) is 2.90. The first-order chi connectivity index (χ1) is 8.70. The molecule has 18 heavy (non-hydrogen) atoms. The van der Waals surface area contributed by atoms with E-state index in [0.29, 0.717) is 12.1 Å². The van der Waals surface area contributed by atoms with Gasteiger partial charge >= 0.3 is 0 Å². The number of carbonyl (C=O) groups excluding carboxylic acids is 1. The number of nitrogens with one attached hydrogen (secondary N) is 2. The van der Waals surface area contributed by atoms with Crippen molar-refractivity contribution >= 4 is 22.9 Å². The normalized spacial score (nSPS) is 10.1. The van der Waals surface area contributed by atoms with Gasteiger partial charge in [0.25, 0.3) is 5.91 Å². The van der Waals surface area contributed by atoms with E-state index in [4.69, 9.17) is 0 Å². The molecular weight excluding hydrogens is 244 g/mol. The Labute approximate surface area is 111 Å². The number of hydrogen-bond donors (Lipinski definition) is 2. The van der Waals surface area contributed by atoms with Gasteiger partial charge in [-0.15, -0.1) is 11.3 Å². The fourth-order valence-electron chi connectivity index (χ4n) is 1.74. The number of aryl methyl sites for hydroxylation is 1. The van der Waals surface area contributed by atoms with E-state index in [9.17, 15) is 4.79 Å². The molecule has 1 aromatic heterocycles. The maximum absolute atomic E-state index is 12.1. The molecule has 2 N–H and O–H groups in total. The Kier molecular flexibility index (Phi) is 3.99. The Morgan fingerprint density at radius 1 is 1.22 bits per heavy atom. The predicted octanol–water partition coefficient (Wildman–Crippen LogP) is 3.03. The molecule has 0 fully saturated rings. The van der Waals surface area contributed by atoms with E-state index >= 15 is 0 Å². The van der Waals surface area contributed by atoms with E-state index in [-0.39, 0.29) is 5.91 Å². The molecule has 0 unspecified atom stereocenters. The molecule has 1 aromatic carbocycles. The summed E-state index contributed by atoms with van der Waals surface area (Å²) >= 11 is 1.70. The van der Waals surface area contributed by atoms with Gasteiger partial charge in [0.05, 0.1) is 12.1 Å². The highest BCUT2D eigenvalue weighted by Crippen LogP contribution is 2.16. The maximum Gasteiger partial charge on any atom is 0.253 e. The largest absolute Gasteiger partial charge is 0.387 e. The third-order valence-electron chi connectivity index (χ3n) is 2.66. The highest BCUT2D eigenvalue weighted by Gasteiger charge is 2.09. The zero-order valence-electron chi connectivity index (χ0n) is 10.5. The van der Waals surface area contributed by atoms with E-state index in [1.54, 1.807) is 11.3 Å². The molecule has 1 heterocycles. The molecule has 0 atom stereocenters. The lowest BCUT2D eigenvalue weighted by Crippen LogP contribution is -2.23. The van der Waals surface area contributed by atoms with Crippen LogP contribution in [0, 0.1) is 6.92 Å². The smallest absolute Gasteiger partial charge is 0.253 e. The molecule has 1 amide bonds. The molecule has 0 aliphatic carbocycles. The summed E-state index contributed by atoms with van der Waals surface area (Å²) in [6.45, 7) is 2.64. The summed E-state index contributed by atoms with van der Waals surface area (Å²) in [4.78, 5) is 14.5. The van der Waals surface area contributed by atoms with E-state index < -0.39 is 0 Å². The zero-order valence-corrected chi connectivity index (χ0v) is 11.3. The van der Waals surface area contributed by atoms with E-state index in [0.717, 1.165) is 5.69 Å². The van der Waals surface area contributed by atoms with Crippen LogP contribution in [0.2, 0.25) is 0 Å². The molecule has 0 aliphatic heterocycles. The minimum absolute atomic E-state index is 0.0500. The summed E-state index contributed by atoms with van der Waals surface area (Å²) in [5.74, 6) is -0.0500. The quantitative estimate of drug-likeness (QED) is 0.887. The van der Waals surface area contributed by atoms with Crippen LogP contribution in [0.1, 0.15) is 20.1 Å². The molecule has 0 radical (unpaired) electrons. The fraction of sp³-hybridized carbons (Fsp3) is 0.214. The topological polar surface area (TPSA) is 41.1 Å². The van der Waals surface area contributed by atoms with Crippen LogP contribution in [0.15, 0.2) is 36.4 Å². The summed E-state index contributed by atoms with van der Waals surface area (Å²) in [6, 6.07) is 11.6. The van der Waals surface area contributed by atoms with Crippen LogP contribution in [0.25, 0.3) is 0 Å². The molecule has 0 bridgehead atoms. The lowest BCUT2D eigenvalue weighted by Gasteiger charge is -2.08. The predicted molar refractivity (Wildman–Crippen MR) is 76.2 cm³/mol. The van der Waals surface area contributed by atoms with Gasteiger partial charge in [-0.1, -0.05) is 12.1 Å². The number of amides is 1. The SMILES string of the molecule is CNc1ccccc1C(=O)NCc1ccc(C)s1. The van der Waals surface area contributed by atoms with Gasteiger partial charge in [-0.25, -0.2) is 0 Å². The van der Waals surface area contributed by atoms with E-state index in [1.807, 2.05) is 37.4 Å². The van der Waals surface area contributed by atoms with Gasteiger partial charge in [-0.3, -0.25) is 4.79 Å². The minimum atomic E-state index is -0.0500. The van der Waals surface area contributed by atoms with Gasteiger partial charge in [-0.2, -0.15) is 0 Å². The summed E-state index contributed by atoms with van der Waals surface area (Å²) < 4.78 is 0. The molecule has 2 rings (SSSR count). The summed E-state index contributed by atoms with van der Waals surface area (Å²) in [6.07, 6.45) is 0. The third-order valence-corrected chi connectivity index (χ3v) is 3.66. The number of rotatable bonds is 4. The van der Waals surface area contributed by atoms with Crippen LogP contribution in [-0.4, -0.2) is 13.0 Å². The monoisotopic (exact) mass is 260 g/mol. The van der Waals surface area contributed by atoms with Crippen molar-refractivity contribution in [3.63, 3.8) is 0 Å². The summed E-state index contributed by atoms with van der Waals surface area (Å²) in [5.41, 5.74) is 1.52. The number of anilines is 1. The van der Waals surface area contributed by atoms with Crippen molar-refractivity contribution in [1.29, 1.82) is 0 Å². The van der Waals surface area contributed by atoms with Crippen LogP contribution in [-0.2, 0) is 6.54 Å². The number of benzene rings is 1. The Hall–Kier alpha value is -1.81. The van der Waals surface area contributed by atoms with Crippen LogP contribution in [0.3, 0.4) is 0 Å². The maximum atomic E-state index is 12.1. The Morgan fingerprint density at radius 3 is 2.67 bits per heavy atom. The van der Waals surface area contributed by atoms with Crippen LogP contribution < -0.4 is 10.6 Å². The first-order valence-electron chi connectivity index (χ1n) is 5.81. The fourth-order valence-corrected chi connectivity index (χ4v) is 2.57. The molecule has 0 aliphatic rings. The van der Waals surface area contributed by atoms with Crippen LogP contribution >= 0.6 is 11.3 Å². The number of hydrogen-bond acceptors (Lipinski definition) is 3. The van der Waals surface area contributed by atoms with E-state index in [1.165, 1.54) is 9.75 Å². The standard InChI is InChI=1S/C14H16N2OS/c1-10-7-8-11(18-10)9-16-14(17)12-5-3-4-6-13(12)15-2/h3-8,15H,9H2,1-2H3,(H,16,17). The molecule has 4 heteroatoms. The van der Waals surface area contributed by atoms with Gasteiger partial charge in [0.1, 0.15) is 0 Å². The van der Waals surface area contributed by atoms with Crippen molar-refractivity contribution < 1.29 is 4.79 Å². The lowest BCUT2D eigenvalue weighted by molar-refractivity contribution is 0.0952. The van der Waals surface area contributed by atoms with Crippen LogP contribution in [0.5, 0.6) is 0 Å². The number of carbonyl (C=O) groups is 1. The van der Waals surface area contributed by atoms with Gasteiger partial charge < -0.3 is 10.6 Å². The zero-order chi connectivity index (χ0) is 13.0. The summed E-state index contributed by atoms with van der Waals surface area (Å²) in [5, 5.41) is 5.96. The lowest BCUT2D eigenvalue weighted by atomic mass is 10.1. The first kappa shape index (κ1) is 12.6. The number of para-hydroxylation sites is 1. The van der Waals surface area contributed by atoms with Gasteiger partial charge in [0, 0.05) is 22.5 Å². The molecule has 0 saturated carbocycles. The second kappa shape index (κ2) is 5.69. The first-order valence-corrected chi connectivity index (χ1v) is 6.62. The van der Waals surface area contributed by atoms with Crippen molar-refractivity contribution in [1.82, 2.24) is 5.32 Å². The van der Waals surface area contributed by atoms with Crippen molar-refractivity contribution in [2.24, 2.45) is 0 Å². The Bertz CT molecular complexity index is 548. The van der Waals surface area contributed by atoms with Gasteiger partial charge in [-0.05, 0) is 31.2 Å². The molecule has 3 nitrogen and oxygen atoms in total. The average Bonchev–Trinajstić information content (AvgIpc) is 2.81. The Morgan fingerprint density at radius 2 is 2.00 bits per heavy atom. The molecule has 0 spiro atoms. The van der Waals surface area contributed by atoms with Gasteiger partial charge in [0.2, 0.25) is 0 Å². The minimum Gasteiger partial charge on any atom is -0.387 e. The van der Waals surface area contributed by atoms with Crippen molar-refractivity contribution in [2.45, 2.75) is 13.5 Å². The second-order valence-electron chi connectivity index (χ2n) is 3.99. The summed E-state index contributed by atoms with van der Waals surface area (Å²) in [7, 11) is 1.81. The molecule has 0 saturated heterocycles. The molecular formula is C14H16N2OS. The van der Waals surface area contributed by atoms with Crippen molar-refractivity contribution in [3.05, 3.63) is 51.7 Å². The molecule has 2 aromatic rings. The highest BCUT2D eigenvalue weighted by molar-refractivity contribution is 7.11. The average molecular weight is 260 g/mol. The number of thiophene rings is 1. The van der Waals surface area contributed by atoms with E-state index in [2.05, 4.69) is 23.6 Å². The second-order valence-corrected chi connectivity index (χ2v) is 5.36. The molecule has 94 valence electrons. The van der Waals surface area contributed by atoms with Crippen molar-refractivity contribution in [2.75, 3.05) is 12.4 Å². The van der Waals surface area contributed by atoms with Gasteiger partial charge in [0.15, 0.2) is 0 Å². The Balaban J connectivity index is 2.03.